The fourth-order valence-corrected chi connectivity index (χ4v) is 3.22. The van der Waals surface area contributed by atoms with E-state index in [9.17, 15) is 8.78 Å². The highest BCUT2D eigenvalue weighted by molar-refractivity contribution is 7.11. The second-order valence-electron chi connectivity index (χ2n) is 4.72. The molecule has 0 spiro atoms. The molecule has 0 saturated carbocycles. The van der Waals surface area contributed by atoms with Crippen LogP contribution >= 0.6 is 11.3 Å². The van der Waals surface area contributed by atoms with Gasteiger partial charge in [0.1, 0.15) is 0 Å². The van der Waals surface area contributed by atoms with Crippen LogP contribution in [0.4, 0.5) is 8.78 Å². The summed E-state index contributed by atoms with van der Waals surface area (Å²) in [5.74, 6) is 0.514. The number of rotatable bonds is 6. The molecule has 1 saturated heterocycles. The number of alkyl halides is 2. The second-order valence-corrected chi connectivity index (χ2v) is 5.92. The van der Waals surface area contributed by atoms with E-state index in [1.807, 2.05) is 0 Å². The summed E-state index contributed by atoms with van der Waals surface area (Å²) in [4.78, 5) is 7.26. The Bertz CT molecular complexity index is 373. The van der Waals surface area contributed by atoms with E-state index in [1.165, 1.54) is 11.3 Å². The maximum absolute atomic E-state index is 12.1. The van der Waals surface area contributed by atoms with Gasteiger partial charge in [-0.05, 0) is 18.9 Å². The maximum Gasteiger partial charge on any atom is 0.239 e. The van der Waals surface area contributed by atoms with Crippen LogP contribution in [0.1, 0.15) is 22.7 Å². The van der Waals surface area contributed by atoms with E-state index in [4.69, 9.17) is 5.11 Å². The Morgan fingerprint density at radius 1 is 1.56 bits per heavy atom. The van der Waals surface area contributed by atoms with Crippen molar-refractivity contribution in [1.29, 1.82) is 0 Å². The number of aliphatic hydroxyl groups is 1. The molecule has 1 aliphatic heterocycles. The summed E-state index contributed by atoms with van der Waals surface area (Å²) in [5.41, 5.74) is 0. The van der Waals surface area contributed by atoms with Crippen LogP contribution in [-0.2, 0) is 13.0 Å². The van der Waals surface area contributed by atoms with Gasteiger partial charge in [-0.1, -0.05) is 0 Å². The number of thiazole rings is 1. The maximum atomic E-state index is 12.1. The number of hydrogen-bond donors (Lipinski definition) is 1. The average Bonchev–Trinajstić information content (AvgIpc) is 2.96. The number of hydrogen-bond acceptors (Lipinski definition) is 4. The summed E-state index contributed by atoms with van der Waals surface area (Å²) in [6.07, 6.45) is 1.44. The molecule has 0 unspecified atom stereocenters. The molecule has 0 amide bonds. The fraction of sp³-hybridized carbons (Fsp3) is 0.750. The summed E-state index contributed by atoms with van der Waals surface area (Å²) in [6.45, 7) is 2.34. The summed E-state index contributed by atoms with van der Waals surface area (Å²) in [7, 11) is 0. The van der Waals surface area contributed by atoms with Gasteiger partial charge in [0.15, 0.2) is 0 Å². The Hall–Kier alpha value is -0.590. The van der Waals surface area contributed by atoms with Gasteiger partial charge in [-0.3, -0.25) is 0 Å². The van der Waals surface area contributed by atoms with E-state index >= 15 is 0 Å². The Balaban J connectivity index is 1.75. The first-order valence-corrected chi connectivity index (χ1v) is 7.04. The number of aromatic nitrogens is 1. The van der Waals surface area contributed by atoms with Crippen molar-refractivity contribution in [3.8, 4) is 0 Å². The van der Waals surface area contributed by atoms with Crippen LogP contribution in [-0.4, -0.2) is 41.1 Å². The van der Waals surface area contributed by atoms with Crippen LogP contribution in [0.3, 0.4) is 0 Å². The smallest absolute Gasteiger partial charge is 0.239 e. The highest BCUT2D eigenvalue weighted by Gasteiger charge is 2.23. The zero-order valence-corrected chi connectivity index (χ0v) is 11.0. The molecule has 0 aromatic carbocycles. The Kier molecular flexibility index (Phi) is 5.03. The van der Waals surface area contributed by atoms with Gasteiger partial charge in [0.05, 0.1) is 16.5 Å². The van der Waals surface area contributed by atoms with E-state index in [0.717, 1.165) is 35.8 Å². The van der Waals surface area contributed by atoms with Crippen molar-refractivity contribution < 1.29 is 13.9 Å². The Morgan fingerprint density at radius 3 is 3.06 bits per heavy atom. The molecule has 2 rings (SSSR count). The normalized spacial score (nSPS) is 21.0. The molecule has 102 valence electrons. The minimum absolute atomic E-state index is 0.0291. The number of nitrogens with zero attached hydrogens (tertiary/aromatic N) is 2. The Morgan fingerprint density at radius 2 is 2.39 bits per heavy atom. The molecule has 1 atom stereocenters. The van der Waals surface area contributed by atoms with E-state index in [1.54, 1.807) is 6.20 Å². The number of aliphatic hydroxyl groups excluding tert-OH is 1. The van der Waals surface area contributed by atoms with Crippen LogP contribution in [0, 0.1) is 5.92 Å². The number of likely N-dealkylation sites (tertiary alicyclic amines) is 1. The van der Waals surface area contributed by atoms with Crippen molar-refractivity contribution in [2.24, 2.45) is 5.92 Å². The van der Waals surface area contributed by atoms with Gasteiger partial charge in [-0.25, -0.2) is 13.8 Å². The van der Waals surface area contributed by atoms with E-state index in [0.29, 0.717) is 12.5 Å². The van der Waals surface area contributed by atoms with Crippen molar-refractivity contribution >= 4 is 11.3 Å². The molecular weight excluding hydrogens is 258 g/mol. The summed E-state index contributed by atoms with van der Waals surface area (Å²) in [6, 6.07) is 0. The zero-order valence-electron chi connectivity index (χ0n) is 10.2. The molecule has 1 aromatic heterocycles. The van der Waals surface area contributed by atoms with Crippen molar-refractivity contribution in [2.75, 3.05) is 19.6 Å². The lowest BCUT2D eigenvalue weighted by molar-refractivity contribution is 0.120. The molecule has 18 heavy (non-hydrogen) atoms. The zero-order chi connectivity index (χ0) is 13.0. The Labute approximate surface area is 109 Å². The second kappa shape index (κ2) is 6.54. The van der Waals surface area contributed by atoms with Gasteiger partial charge in [-0.15, -0.1) is 11.3 Å². The first-order valence-electron chi connectivity index (χ1n) is 6.22. The third kappa shape index (κ3) is 3.96. The molecule has 2 heterocycles. The predicted octanol–water partition coefficient (Wildman–Crippen LogP) is 2.16. The van der Waals surface area contributed by atoms with Gasteiger partial charge < -0.3 is 10.0 Å². The topological polar surface area (TPSA) is 36.4 Å². The molecule has 3 nitrogen and oxygen atoms in total. The molecule has 1 N–H and O–H groups in total. The monoisotopic (exact) mass is 276 g/mol. The lowest BCUT2D eigenvalue weighted by Crippen LogP contribution is -2.23. The lowest BCUT2D eigenvalue weighted by atomic mass is 10.1. The largest absolute Gasteiger partial charge is 0.391 e. The first-order chi connectivity index (χ1) is 8.67. The standard InChI is InChI=1S/C12H18F2N2OS/c13-11(14)2-4-16-3-1-9(7-16)5-12-15-6-10(8-17)18-12/h6,9,11,17H,1-5,7-8H2/t9-/m0/s1. The number of halogens is 2. The van der Waals surface area contributed by atoms with Crippen LogP contribution in [0.25, 0.3) is 0 Å². The molecule has 0 bridgehead atoms. The molecule has 1 fully saturated rings. The van der Waals surface area contributed by atoms with E-state index in [2.05, 4.69) is 9.88 Å². The van der Waals surface area contributed by atoms with Crippen molar-refractivity contribution in [3.63, 3.8) is 0 Å². The van der Waals surface area contributed by atoms with Crippen LogP contribution in [0.5, 0.6) is 0 Å². The molecule has 1 aromatic rings. The minimum atomic E-state index is -2.20. The molecule has 0 radical (unpaired) electrons. The van der Waals surface area contributed by atoms with Gasteiger partial charge in [-0.2, -0.15) is 0 Å². The lowest BCUT2D eigenvalue weighted by Gasteiger charge is -2.15. The van der Waals surface area contributed by atoms with Gasteiger partial charge in [0.25, 0.3) is 0 Å². The van der Waals surface area contributed by atoms with E-state index < -0.39 is 6.43 Å². The highest BCUT2D eigenvalue weighted by Crippen LogP contribution is 2.23. The quantitative estimate of drug-likeness (QED) is 0.865. The van der Waals surface area contributed by atoms with Crippen molar-refractivity contribution in [1.82, 2.24) is 9.88 Å². The van der Waals surface area contributed by atoms with E-state index in [-0.39, 0.29) is 13.0 Å². The third-order valence-electron chi connectivity index (χ3n) is 3.25. The first kappa shape index (κ1) is 13.8. The summed E-state index contributed by atoms with van der Waals surface area (Å²) < 4.78 is 24.2. The average molecular weight is 276 g/mol. The molecule has 6 heteroatoms. The summed E-state index contributed by atoms with van der Waals surface area (Å²) in [5, 5.41) is 10.0. The molecular formula is C12H18F2N2OS. The van der Waals surface area contributed by atoms with Crippen LogP contribution < -0.4 is 0 Å². The van der Waals surface area contributed by atoms with Crippen LogP contribution in [0.15, 0.2) is 6.20 Å². The fourth-order valence-electron chi connectivity index (χ4n) is 2.33. The predicted molar refractivity (Wildman–Crippen MR) is 66.9 cm³/mol. The SMILES string of the molecule is OCc1cnc(C[C@@H]2CCN(CCC(F)F)C2)s1. The minimum Gasteiger partial charge on any atom is -0.391 e. The molecule has 1 aliphatic rings. The van der Waals surface area contributed by atoms with Crippen LogP contribution in [0.2, 0.25) is 0 Å². The highest BCUT2D eigenvalue weighted by atomic mass is 32.1. The van der Waals surface area contributed by atoms with Gasteiger partial charge in [0.2, 0.25) is 6.43 Å². The van der Waals surface area contributed by atoms with Gasteiger partial charge >= 0.3 is 0 Å². The van der Waals surface area contributed by atoms with Crippen molar-refractivity contribution in [3.05, 3.63) is 16.1 Å². The molecule has 0 aliphatic carbocycles. The summed E-state index contributed by atoms with van der Waals surface area (Å²) >= 11 is 1.54. The van der Waals surface area contributed by atoms with Gasteiger partial charge in [0, 0.05) is 32.1 Å². The third-order valence-corrected chi connectivity index (χ3v) is 4.26. The van der Waals surface area contributed by atoms with Crippen molar-refractivity contribution in [2.45, 2.75) is 32.3 Å².